The average molecular weight is 181 g/mol. The predicted octanol–water partition coefficient (Wildman–Crippen LogP) is 2.21. The second-order valence-electron chi connectivity index (χ2n) is 4.03. The summed E-state index contributed by atoms with van der Waals surface area (Å²) in [6, 6.07) is 0. The summed E-state index contributed by atoms with van der Waals surface area (Å²) in [5.41, 5.74) is 0.195. The van der Waals surface area contributed by atoms with Crippen LogP contribution in [0, 0.1) is 0 Å². The van der Waals surface area contributed by atoms with Crippen LogP contribution in [0.2, 0.25) is 0 Å². The molecular formula is C11H19NO. The summed E-state index contributed by atoms with van der Waals surface area (Å²) in [6.07, 6.45) is 8.34. The molecule has 2 heteroatoms. The van der Waals surface area contributed by atoms with Crippen molar-refractivity contribution in [1.82, 2.24) is 5.32 Å². The fraction of sp³-hybridized carbons (Fsp3) is 0.818. The van der Waals surface area contributed by atoms with Gasteiger partial charge in [0.1, 0.15) is 5.76 Å². The Balaban J connectivity index is 2.14. The molecule has 2 heterocycles. The maximum absolute atomic E-state index is 5.75. The Labute approximate surface area is 80.4 Å². The van der Waals surface area contributed by atoms with Crippen LogP contribution in [-0.4, -0.2) is 18.7 Å². The van der Waals surface area contributed by atoms with Gasteiger partial charge in [0, 0.05) is 0 Å². The second-order valence-corrected chi connectivity index (χ2v) is 4.03. The second kappa shape index (κ2) is 3.70. The van der Waals surface area contributed by atoms with E-state index >= 15 is 0 Å². The van der Waals surface area contributed by atoms with Crippen molar-refractivity contribution in [3.05, 3.63) is 11.8 Å². The monoisotopic (exact) mass is 181 g/mol. The van der Waals surface area contributed by atoms with Gasteiger partial charge in [-0.2, -0.15) is 0 Å². The molecule has 1 unspecified atom stereocenters. The van der Waals surface area contributed by atoms with E-state index in [0.29, 0.717) is 0 Å². The summed E-state index contributed by atoms with van der Waals surface area (Å²) in [5, 5.41) is 3.60. The maximum atomic E-state index is 5.75. The number of nitrogens with one attached hydrogen (secondary N) is 1. The van der Waals surface area contributed by atoms with Crippen molar-refractivity contribution in [2.45, 2.75) is 44.6 Å². The van der Waals surface area contributed by atoms with Gasteiger partial charge in [0.05, 0.1) is 12.1 Å². The Morgan fingerprint density at radius 2 is 2.46 bits per heavy atom. The van der Waals surface area contributed by atoms with E-state index in [0.717, 1.165) is 19.6 Å². The van der Waals surface area contributed by atoms with E-state index in [-0.39, 0.29) is 5.54 Å². The van der Waals surface area contributed by atoms with Gasteiger partial charge in [-0.25, -0.2) is 0 Å². The SMILES string of the molecule is CCC1(C2=CCCCO2)CCCN1. The molecular weight excluding hydrogens is 162 g/mol. The molecule has 0 saturated carbocycles. The molecule has 1 fully saturated rings. The highest BCUT2D eigenvalue weighted by molar-refractivity contribution is 5.17. The van der Waals surface area contributed by atoms with Gasteiger partial charge in [-0.05, 0) is 44.7 Å². The lowest BCUT2D eigenvalue weighted by molar-refractivity contribution is 0.136. The Hall–Kier alpha value is -0.500. The van der Waals surface area contributed by atoms with Gasteiger partial charge in [-0.3, -0.25) is 0 Å². The van der Waals surface area contributed by atoms with Crippen LogP contribution in [0.15, 0.2) is 11.8 Å². The average Bonchev–Trinajstić information content (AvgIpc) is 2.69. The van der Waals surface area contributed by atoms with Crippen LogP contribution in [0.3, 0.4) is 0 Å². The van der Waals surface area contributed by atoms with Crippen LogP contribution >= 0.6 is 0 Å². The van der Waals surface area contributed by atoms with Gasteiger partial charge in [0.2, 0.25) is 0 Å². The van der Waals surface area contributed by atoms with E-state index in [1.54, 1.807) is 0 Å². The molecule has 0 aromatic rings. The molecule has 0 aromatic carbocycles. The molecule has 1 N–H and O–H groups in total. The fourth-order valence-corrected chi connectivity index (χ4v) is 2.38. The van der Waals surface area contributed by atoms with Crippen molar-refractivity contribution < 1.29 is 4.74 Å². The first-order valence-corrected chi connectivity index (χ1v) is 5.46. The molecule has 0 spiro atoms. The van der Waals surface area contributed by atoms with Crippen molar-refractivity contribution in [2.24, 2.45) is 0 Å². The topological polar surface area (TPSA) is 21.3 Å². The standard InChI is InChI=1S/C11H19NO/c1-2-11(7-5-8-12-11)10-6-3-4-9-13-10/h6,12H,2-5,7-9H2,1H3. The summed E-state index contributed by atoms with van der Waals surface area (Å²) < 4.78 is 5.75. The number of hydrogen-bond acceptors (Lipinski definition) is 2. The lowest BCUT2D eigenvalue weighted by Gasteiger charge is -2.32. The lowest BCUT2D eigenvalue weighted by atomic mass is 9.90. The zero-order valence-corrected chi connectivity index (χ0v) is 8.44. The van der Waals surface area contributed by atoms with Gasteiger partial charge in [0.25, 0.3) is 0 Å². The zero-order chi connectivity index (χ0) is 9.15. The summed E-state index contributed by atoms with van der Waals surface area (Å²) in [4.78, 5) is 0. The number of rotatable bonds is 2. The molecule has 13 heavy (non-hydrogen) atoms. The van der Waals surface area contributed by atoms with Crippen molar-refractivity contribution >= 4 is 0 Å². The number of allylic oxidation sites excluding steroid dienone is 1. The molecule has 2 aliphatic heterocycles. The van der Waals surface area contributed by atoms with Crippen LogP contribution < -0.4 is 5.32 Å². The molecule has 0 aliphatic carbocycles. The Bertz CT molecular complexity index is 204. The first-order chi connectivity index (χ1) is 6.37. The Kier molecular flexibility index (Phi) is 2.58. The highest BCUT2D eigenvalue weighted by Gasteiger charge is 2.37. The summed E-state index contributed by atoms with van der Waals surface area (Å²) in [6.45, 7) is 4.31. The van der Waals surface area contributed by atoms with Crippen LogP contribution in [0.1, 0.15) is 39.0 Å². The first-order valence-electron chi connectivity index (χ1n) is 5.46. The van der Waals surface area contributed by atoms with Gasteiger partial charge in [-0.1, -0.05) is 6.92 Å². The zero-order valence-electron chi connectivity index (χ0n) is 8.44. The van der Waals surface area contributed by atoms with Crippen molar-refractivity contribution in [3.8, 4) is 0 Å². The Morgan fingerprint density at radius 1 is 1.54 bits per heavy atom. The normalized spacial score (nSPS) is 34.1. The van der Waals surface area contributed by atoms with E-state index in [4.69, 9.17) is 4.74 Å². The molecule has 2 rings (SSSR count). The third-order valence-corrected chi connectivity index (χ3v) is 3.25. The number of hydrogen-bond donors (Lipinski definition) is 1. The Morgan fingerprint density at radius 3 is 3.00 bits per heavy atom. The van der Waals surface area contributed by atoms with E-state index < -0.39 is 0 Å². The van der Waals surface area contributed by atoms with Crippen LogP contribution in [0.4, 0.5) is 0 Å². The minimum absolute atomic E-state index is 0.195. The van der Waals surface area contributed by atoms with E-state index in [1.807, 2.05) is 0 Å². The van der Waals surface area contributed by atoms with E-state index in [9.17, 15) is 0 Å². The molecule has 1 atom stereocenters. The third kappa shape index (κ3) is 1.60. The number of ether oxygens (including phenoxy) is 1. The molecule has 74 valence electrons. The highest BCUT2D eigenvalue weighted by atomic mass is 16.5. The van der Waals surface area contributed by atoms with E-state index in [2.05, 4.69) is 18.3 Å². The van der Waals surface area contributed by atoms with Crippen molar-refractivity contribution in [1.29, 1.82) is 0 Å². The fourth-order valence-electron chi connectivity index (χ4n) is 2.38. The minimum atomic E-state index is 0.195. The largest absolute Gasteiger partial charge is 0.496 e. The summed E-state index contributed by atoms with van der Waals surface area (Å²) in [5.74, 6) is 1.22. The molecule has 0 amide bonds. The molecule has 0 bridgehead atoms. The van der Waals surface area contributed by atoms with Crippen molar-refractivity contribution in [2.75, 3.05) is 13.2 Å². The third-order valence-electron chi connectivity index (χ3n) is 3.25. The minimum Gasteiger partial charge on any atom is -0.496 e. The summed E-state index contributed by atoms with van der Waals surface area (Å²) >= 11 is 0. The van der Waals surface area contributed by atoms with Gasteiger partial charge in [0.15, 0.2) is 0 Å². The molecule has 2 nitrogen and oxygen atoms in total. The van der Waals surface area contributed by atoms with Crippen molar-refractivity contribution in [3.63, 3.8) is 0 Å². The lowest BCUT2D eigenvalue weighted by Crippen LogP contribution is -2.42. The van der Waals surface area contributed by atoms with E-state index in [1.165, 1.54) is 31.4 Å². The van der Waals surface area contributed by atoms with Crippen LogP contribution in [0.5, 0.6) is 0 Å². The van der Waals surface area contributed by atoms with Crippen LogP contribution in [-0.2, 0) is 4.74 Å². The first kappa shape index (κ1) is 9.07. The molecule has 0 radical (unpaired) electrons. The molecule has 1 saturated heterocycles. The van der Waals surface area contributed by atoms with Gasteiger partial charge < -0.3 is 10.1 Å². The molecule has 0 aromatic heterocycles. The summed E-state index contributed by atoms with van der Waals surface area (Å²) in [7, 11) is 0. The smallest absolute Gasteiger partial charge is 0.112 e. The maximum Gasteiger partial charge on any atom is 0.112 e. The van der Waals surface area contributed by atoms with Gasteiger partial charge in [-0.15, -0.1) is 0 Å². The molecule has 2 aliphatic rings. The quantitative estimate of drug-likeness (QED) is 0.705. The predicted molar refractivity (Wildman–Crippen MR) is 53.5 cm³/mol. The van der Waals surface area contributed by atoms with Crippen LogP contribution in [0.25, 0.3) is 0 Å². The van der Waals surface area contributed by atoms with Gasteiger partial charge >= 0.3 is 0 Å². The highest BCUT2D eigenvalue weighted by Crippen LogP contribution is 2.33.